The minimum absolute atomic E-state index is 0.0457. The number of hydrogen-bond donors (Lipinski definition) is 0. The third kappa shape index (κ3) is 3.93. The summed E-state index contributed by atoms with van der Waals surface area (Å²) < 4.78 is 3.28. The highest BCUT2D eigenvalue weighted by atomic mass is 32.1. The summed E-state index contributed by atoms with van der Waals surface area (Å²) in [7, 11) is 0. The van der Waals surface area contributed by atoms with Gasteiger partial charge in [0.05, 0.1) is 5.01 Å². The van der Waals surface area contributed by atoms with Gasteiger partial charge >= 0.3 is 0 Å². The number of likely N-dealkylation sites (tertiary alicyclic amines) is 1. The largest absolute Gasteiger partial charge is 0.298 e. The number of aromatic nitrogens is 5. The first-order valence-corrected chi connectivity index (χ1v) is 10.8. The van der Waals surface area contributed by atoms with Gasteiger partial charge in [0, 0.05) is 48.5 Å². The predicted octanol–water partition coefficient (Wildman–Crippen LogP) is 2.68. The summed E-state index contributed by atoms with van der Waals surface area (Å²) in [6.07, 6.45) is 10.4. The van der Waals surface area contributed by atoms with Gasteiger partial charge in [-0.1, -0.05) is 0 Å². The van der Waals surface area contributed by atoms with Gasteiger partial charge in [-0.05, 0) is 56.8 Å². The molecule has 0 unspecified atom stereocenters. The van der Waals surface area contributed by atoms with Crippen LogP contribution >= 0.6 is 11.3 Å². The van der Waals surface area contributed by atoms with Crippen LogP contribution in [0.15, 0.2) is 41.6 Å². The average molecular weight is 397 g/mol. The molecule has 5 rings (SSSR count). The van der Waals surface area contributed by atoms with Gasteiger partial charge in [-0.2, -0.15) is 5.10 Å². The molecule has 28 heavy (non-hydrogen) atoms. The highest BCUT2D eigenvalue weighted by Crippen LogP contribution is 2.42. The number of thiazole rings is 1. The van der Waals surface area contributed by atoms with Crippen LogP contribution in [0.25, 0.3) is 5.82 Å². The molecule has 0 aromatic carbocycles. The Morgan fingerprint density at radius 3 is 2.75 bits per heavy atom. The van der Waals surface area contributed by atoms with Crippen LogP contribution in [0.4, 0.5) is 0 Å². The van der Waals surface area contributed by atoms with Gasteiger partial charge in [0.15, 0.2) is 5.82 Å². The molecule has 1 aliphatic heterocycles. The molecular formula is C20H24N6OS. The molecule has 4 heterocycles. The molecule has 1 aliphatic carbocycles. The lowest BCUT2D eigenvalue weighted by Gasteiger charge is -2.31. The van der Waals surface area contributed by atoms with E-state index < -0.39 is 0 Å². The van der Waals surface area contributed by atoms with E-state index in [9.17, 15) is 4.79 Å². The first-order chi connectivity index (χ1) is 13.7. The Labute approximate surface area is 167 Å². The molecule has 8 heteroatoms. The number of piperidine rings is 1. The molecule has 0 amide bonds. The van der Waals surface area contributed by atoms with Crippen molar-refractivity contribution in [3.05, 3.63) is 57.0 Å². The summed E-state index contributed by atoms with van der Waals surface area (Å²) in [4.78, 5) is 20.7. The SMILES string of the molecule is O=c1ccc(-n2cccn2)nn1CC1CCN(Cc2cnc(C3CC3)s2)CC1. The van der Waals surface area contributed by atoms with E-state index >= 15 is 0 Å². The first-order valence-electron chi connectivity index (χ1n) is 10.00. The van der Waals surface area contributed by atoms with Crippen LogP contribution in [0.1, 0.15) is 41.5 Å². The van der Waals surface area contributed by atoms with Crippen LogP contribution in [0.5, 0.6) is 0 Å². The lowest BCUT2D eigenvalue weighted by molar-refractivity contribution is 0.164. The molecule has 0 N–H and O–H groups in total. The van der Waals surface area contributed by atoms with E-state index in [0.717, 1.165) is 38.4 Å². The topological polar surface area (TPSA) is 68.8 Å². The Hall–Kier alpha value is -2.32. The molecule has 0 bridgehead atoms. The van der Waals surface area contributed by atoms with Crippen molar-refractivity contribution in [3.8, 4) is 5.82 Å². The fourth-order valence-corrected chi connectivity index (χ4v) is 4.93. The summed E-state index contributed by atoms with van der Waals surface area (Å²) in [5.74, 6) is 1.91. The summed E-state index contributed by atoms with van der Waals surface area (Å²) in [5.41, 5.74) is -0.0457. The van der Waals surface area contributed by atoms with E-state index in [-0.39, 0.29) is 5.56 Å². The van der Waals surface area contributed by atoms with E-state index in [0.29, 0.717) is 18.3 Å². The van der Waals surface area contributed by atoms with E-state index in [1.807, 2.05) is 23.6 Å². The lowest BCUT2D eigenvalue weighted by Crippen LogP contribution is -2.36. The van der Waals surface area contributed by atoms with Gasteiger partial charge in [0.2, 0.25) is 0 Å². The maximum Gasteiger partial charge on any atom is 0.266 e. The molecule has 146 valence electrons. The number of rotatable bonds is 6. The molecule has 7 nitrogen and oxygen atoms in total. The normalized spacial score (nSPS) is 18.6. The second-order valence-corrected chi connectivity index (χ2v) is 8.97. The van der Waals surface area contributed by atoms with E-state index in [1.54, 1.807) is 27.7 Å². The Morgan fingerprint density at radius 2 is 2.00 bits per heavy atom. The van der Waals surface area contributed by atoms with Crippen LogP contribution in [-0.2, 0) is 13.1 Å². The van der Waals surface area contributed by atoms with Crippen LogP contribution in [0.3, 0.4) is 0 Å². The molecule has 3 aromatic heterocycles. The van der Waals surface area contributed by atoms with Crippen molar-refractivity contribution in [1.29, 1.82) is 0 Å². The monoisotopic (exact) mass is 396 g/mol. The second-order valence-electron chi connectivity index (χ2n) is 7.82. The molecule has 1 saturated carbocycles. The summed E-state index contributed by atoms with van der Waals surface area (Å²) in [6, 6.07) is 5.16. The zero-order chi connectivity index (χ0) is 18.9. The zero-order valence-electron chi connectivity index (χ0n) is 15.8. The summed E-state index contributed by atoms with van der Waals surface area (Å²) in [6.45, 7) is 3.81. The predicted molar refractivity (Wildman–Crippen MR) is 108 cm³/mol. The second kappa shape index (κ2) is 7.60. The Balaban J connectivity index is 1.18. The zero-order valence-corrected chi connectivity index (χ0v) is 16.6. The van der Waals surface area contributed by atoms with Gasteiger partial charge in [-0.25, -0.2) is 14.3 Å². The van der Waals surface area contributed by atoms with Crippen LogP contribution in [-0.4, -0.2) is 42.5 Å². The van der Waals surface area contributed by atoms with Crippen molar-refractivity contribution in [3.63, 3.8) is 0 Å². The van der Waals surface area contributed by atoms with Crippen molar-refractivity contribution in [2.45, 2.75) is 44.7 Å². The van der Waals surface area contributed by atoms with Gasteiger partial charge in [0.25, 0.3) is 5.56 Å². The van der Waals surface area contributed by atoms with Crippen molar-refractivity contribution in [2.75, 3.05) is 13.1 Å². The van der Waals surface area contributed by atoms with Crippen molar-refractivity contribution >= 4 is 11.3 Å². The van der Waals surface area contributed by atoms with Gasteiger partial charge in [-0.15, -0.1) is 16.4 Å². The highest BCUT2D eigenvalue weighted by molar-refractivity contribution is 7.11. The Bertz CT molecular complexity index is 982. The smallest absolute Gasteiger partial charge is 0.266 e. The standard InChI is InChI=1S/C20H24N6OS/c27-19-5-4-18(25-9-1-8-22-25)23-26(19)13-15-6-10-24(11-7-15)14-17-12-21-20(28-17)16-2-3-16/h1,4-5,8-9,12,15-16H,2-3,6-7,10-11,13-14H2. The Kier molecular flexibility index (Phi) is 4.82. The molecule has 0 atom stereocenters. The fourth-order valence-electron chi connectivity index (χ4n) is 3.80. The first kappa shape index (κ1) is 17.8. The maximum absolute atomic E-state index is 12.2. The molecule has 2 fully saturated rings. The molecule has 0 radical (unpaired) electrons. The summed E-state index contributed by atoms with van der Waals surface area (Å²) in [5, 5.41) is 10.0. The molecule has 3 aromatic rings. The third-order valence-corrected chi connectivity index (χ3v) is 6.75. The van der Waals surface area contributed by atoms with E-state index in [2.05, 4.69) is 26.3 Å². The third-order valence-electron chi connectivity index (χ3n) is 5.61. The molecular weight excluding hydrogens is 372 g/mol. The van der Waals surface area contributed by atoms with Gasteiger partial charge in [0.1, 0.15) is 0 Å². The average Bonchev–Trinajstić information content (AvgIpc) is 3.21. The maximum atomic E-state index is 12.2. The highest BCUT2D eigenvalue weighted by Gasteiger charge is 2.27. The van der Waals surface area contributed by atoms with Crippen molar-refractivity contribution < 1.29 is 0 Å². The van der Waals surface area contributed by atoms with Crippen molar-refractivity contribution in [1.82, 2.24) is 29.4 Å². The van der Waals surface area contributed by atoms with E-state index in [4.69, 9.17) is 0 Å². The van der Waals surface area contributed by atoms with Gasteiger partial charge in [-0.3, -0.25) is 9.69 Å². The van der Waals surface area contributed by atoms with Crippen LogP contribution in [0.2, 0.25) is 0 Å². The Morgan fingerprint density at radius 1 is 1.14 bits per heavy atom. The van der Waals surface area contributed by atoms with Crippen LogP contribution in [0, 0.1) is 5.92 Å². The fraction of sp³-hybridized carbons (Fsp3) is 0.500. The molecule has 2 aliphatic rings. The molecule has 0 spiro atoms. The molecule has 1 saturated heterocycles. The van der Waals surface area contributed by atoms with Crippen LogP contribution < -0.4 is 5.56 Å². The number of nitrogens with zero attached hydrogens (tertiary/aromatic N) is 6. The minimum Gasteiger partial charge on any atom is -0.298 e. The van der Waals surface area contributed by atoms with E-state index in [1.165, 1.54) is 22.7 Å². The van der Waals surface area contributed by atoms with Gasteiger partial charge < -0.3 is 0 Å². The number of hydrogen-bond acceptors (Lipinski definition) is 6. The lowest BCUT2D eigenvalue weighted by atomic mass is 9.97. The summed E-state index contributed by atoms with van der Waals surface area (Å²) >= 11 is 1.89. The quantitative estimate of drug-likeness (QED) is 0.641. The van der Waals surface area contributed by atoms with Crippen molar-refractivity contribution in [2.24, 2.45) is 5.92 Å². The minimum atomic E-state index is -0.0457.